The van der Waals surface area contributed by atoms with E-state index in [0.717, 1.165) is 10.0 Å². The van der Waals surface area contributed by atoms with Crippen molar-refractivity contribution in [2.45, 2.75) is 19.4 Å². The molecule has 0 bridgehead atoms. The molecule has 4 heteroatoms. The Balaban J connectivity index is 2.32. The molecule has 0 aromatic heterocycles. The van der Waals surface area contributed by atoms with Crippen LogP contribution in [-0.2, 0) is 6.42 Å². The van der Waals surface area contributed by atoms with Gasteiger partial charge in [0.05, 0.1) is 0 Å². The fourth-order valence-corrected chi connectivity index (χ4v) is 2.88. The highest BCUT2D eigenvalue weighted by atomic mass is 79.9. The SMILES string of the molecule is CCNC(Cc1cccc(F)c1)c1c(F)cccc1Br. The first-order valence-electron chi connectivity index (χ1n) is 6.53. The first-order valence-corrected chi connectivity index (χ1v) is 7.33. The molecule has 106 valence electrons. The van der Waals surface area contributed by atoms with Crippen LogP contribution in [0.2, 0.25) is 0 Å². The van der Waals surface area contributed by atoms with E-state index in [-0.39, 0.29) is 17.7 Å². The molecule has 2 aromatic carbocycles. The molecule has 0 saturated carbocycles. The Kier molecular flexibility index (Phi) is 5.26. The third-order valence-corrected chi connectivity index (χ3v) is 3.82. The molecule has 1 atom stereocenters. The summed E-state index contributed by atoms with van der Waals surface area (Å²) in [4.78, 5) is 0. The van der Waals surface area contributed by atoms with Crippen LogP contribution in [0, 0.1) is 11.6 Å². The van der Waals surface area contributed by atoms with Gasteiger partial charge < -0.3 is 5.32 Å². The standard InChI is InChI=1S/C16H16BrF2N/c1-2-20-15(10-11-5-3-6-12(18)9-11)16-13(17)7-4-8-14(16)19/h3-9,15,20H,2,10H2,1H3. The van der Waals surface area contributed by atoms with Gasteiger partial charge in [-0.2, -0.15) is 0 Å². The van der Waals surface area contributed by atoms with Crippen LogP contribution in [0.15, 0.2) is 46.9 Å². The molecule has 0 amide bonds. The van der Waals surface area contributed by atoms with E-state index in [1.165, 1.54) is 18.2 Å². The number of nitrogens with one attached hydrogen (secondary N) is 1. The van der Waals surface area contributed by atoms with Gasteiger partial charge in [0.2, 0.25) is 0 Å². The highest BCUT2D eigenvalue weighted by Gasteiger charge is 2.18. The summed E-state index contributed by atoms with van der Waals surface area (Å²) in [5, 5.41) is 3.26. The van der Waals surface area contributed by atoms with Gasteiger partial charge in [-0.3, -0.25) is 0 Å². The highest BCUT2D eigenvalue weighted by Crippen LogP contribution is 2.28. The zero-order valence-corrected chi connectivity index (χ0v) is 12.8. The molecule has 2 rings (SSSR count). The zero-order valence-electron chi connectivity index (χ0n) is 11.2. The maximum absolute atomic E-state index is 14.1. The summed E-state index contributed by atoms with van der Waals surface area (Å²) in [6.45, 7) is 2.67. The summed E-state index contributed by atoms with van der Waals surface area (Å²) in [5.74, 6) is -0.535. The lowest BCUT2D eigenvalue weighted by Gasteiger charge is -2.20. The molecule has 2 aromatic rings. The van der Waals surface area contributed by atoms with E-state index in [0.29, 0.717) is 18.5 Å². The molecule has 0 heterocycles. The number of benzene rings is 2. The van der Waals surface area contributed by atoms with Crippen molar-refractivity contribution < 1.29 is 8.78 Å². The molecule has 0 saturated heterocycles. The normalized spacial score (nSPS) is 12.4. The average Bonchev–Trinajstić information content (AvgIpc) is 2.38. The topological polar surface area (TPSA) is 12.0 Å². The van der Waals surface area contributed by atoms with Crippen molar-refractivity contribution in [3.63, 3.8) is 0 Å². The van der Waals surface area contributed by atoms with Crippen LogP contribution in [0.3, 0.4) is 0 Å². The maximum Gasteiger partial charge on any atom is 0.129 e. The Hall–Kier alpha value is -1.26. The van der Waals surface area contributed by atoms with E-state index in [1.54, 1.807) is 12.1 Å². The van der Waals surface area contributed by atoms with E-state index in [1.807, 2.05) is 19.1 Å². The number of hydrogen-bond acceptors (Lipinski definition) is 1. The number of rotatable bonds is 5. The second kappa shape index (κ2) is 6.95. The maximum atomic E-state index is 14.1. The third kappa shape index (κ3) is 3.64. The van der Waals surface area contributed by atoms with Gasteiger partial charge in [0.15, 0.2) is 0 Å². The van der Waals surface area contributed by atoms with Gasteiger partial charge in [0.25, 0.3) is 0 Å². The van der Waals surface area contributed by atoms with Crippen molar-refractivity contribution in [3.05, 3.63) is 69.7 Å². The van der Waals surface area contributed by atoms with Crippen molar-refractivity contribution >= 4 is 15.9 Å². The summed E-state index contributed by atoms with van der Waals surface area (Å²) in [6.07, 6.45) is 0.533. The predicted molar refractivity (Wildman–Crippen MR) is 80.6 cm³/mol. The van der Waals surface area contributed by atoms with Gasteiger partial charge >= 0.3 is 0 Å². The van der Waals surface area contributed by atoms with Gasteiger partial charge in [-0.05, 0) is 42.8 Å². The molecule has 1 N–H and O–H groups in total. The second-order valence-corrected chi connectivity index (χ2v) is 5.43. The van der Waals surface area contributed by atoms with E-state index in [9.17, 15) is 8.78 Å². The van der Waals surface area contributed by atoms with E-state index < -0.39 is 0 Å². The van der Waals surface area contributed by atoms with Gasteiger partial charge in [0, 0.05) is 16.1 Å². The summed E-state index contributed by atoms with van der Waals surface area (Å²) >= 11 is 3.39. The Bertz CT molecular complexity index is 566. The molecule has 1 unspecified atom stereocenters. The van der Waals surface area contributed by atoms with Crippen molar-refractivity contribution in [2.24, 2.45) is 0 Å². The monoisotopic (exact) mass is 339 g/mol. The molecular formula is C16H16BrF2N. The highest BCUT2D eigenvalue weighted by molar-refractivity contribution is 9.10. The molecule has 0 aliphatic carbocycles. The smallest absolute Gasteiger partial charge is 0.129 e. The molecule has 0 spiro atoms. The Labute approximate surface area is 126 Å². The van der Waals surface area contributed by atoms with Crippen LogP contribution in [0.1, 0.15) is 24.1 Å². The molecule has 0 radical (unpaired) electrons. The summed E-state index contributed by atoms with van der Waals surface area (Å²) < 4.78 is 28.0. The van der Waals surface area contributed by atoms with Gasteiger partial charge in [-0.25, -0.2) is 8.78 Å². The van der Waals surface area contributed by atoms with Crippen LogP contribution in [0.5, 0.6) is 0 Å². The lowest BCUT2D eigenvalue weighted by molar-refractivity contribution is 0.506. The Morgan fingerprint density at radius 2 is 1.90 bits per heavy atom. The summed E-state index contributed by atoms with van der Waals surface area (Å²) in [6, 6.07) is 11.1. The minimum Gasteiger partial charge on any atom is -0.310 e. The number of likely N-dealkylation sites (N-methyl/N-ethyl adjacent to an activating group) is 1. The van der Waals surface area contributed by atoms with Crippen molar-refractivity contribution in [1.82, 2.24) is 5.32 Å². The van der Waals surface area contributed by atoms with Crippen LogP contribution in [0.4, 0.5) is 8.78 Å². The van der Waals surface area contributed by atoms with Crippen molar-refractivity contribution in [1.29, 1.82) is 0 Å². The van der Waals surface area contributed by atoms with Crippen LogP contribution in [-0.4, -0.2) is 6.54 Å². The second-order valence-electron chi connectivity index (χ2n) is 4.58. The van der Waals surface area contributed by atoms with Crippen molar-refractivity contribution in [2.75, 3.05) is 6.54 Å². The minimum atomic E-state index is -0.273. The van der Waals surface area contributed by atoms with Crippen LogP contribution < -0.4 is 5.32 Å². The zero-order chi connectivity index (χ0) is 14.5. The lowest BCUT2D eigenvalue weighted by Crippen LogP contribution is -2.24. The molecule has 1 nitrogen and oxygen atoms in total. The first-order chi connectivity index (χ1) is 9.61. The number of hydrogen-bond donors (Lipinski definition) is 1. The predicted octanol–water partition coefficient (Wildman–Crippen LogP) is 4.62. The van der Waals surface area contributed by atoms with Crippen LogP contribution in [0.25, 0.3) is 0 Å². The Morgan fingerprint density at radius 3 is 2.55 bits per heavy atom. The minimum absolute atomic E-state index is 0.197. The third-order valence-electron chi connectivity index (χ3n) is 3.13. The lowest BCUT2D eigenvalue weighted by atomic mass is 9.98. The first kappa shape index (κ1) is 15.1. The number of halogens is 3. The summed E-state index contributed by atoms with van der Waals surface area (Å²) in [7, 11) is 0. The molecule has 20 heavy (non-hydrogen) atoms. The van der Waals surface area contributed by atoms with E-state index >= 15 is 0 Å². The fraction of sp³-hybridized carbons (Fsp3) is 0.250. The molecule has 0 fully saturated rings. The average molecular weight is 340 g/mol. The van der Waals surface area contributed by atoms with E-state index in [2.05, 4.69) is 21.2 Å². The van der Waals surface area contributed by atoms with E-state index in [4.69, 9.17) is 0 Å². The van der Waals surface area contributed by atoms with Gasteiger partial charge in [-0.15, -0.1) is 0 Å². The molecule has 0 aliphatic rings. The quantitative estimate of drug-likeness (QED) is 0.837. The Morgan fingerprint density at radius 1 is 1.15 bits per heavy atom. The van der Waals surface area contributed by atoms with Gasteiger partial charge in [-0.1, -0.05) is 41.1 Å². The summed E-state index contributed by atoms with van der Waals surface area (Å²) in [5.41, 5.74) is 1.42. The van der Waals surface area contributed by atoms with Gasteiger partial charge in [0.1, 0.15) is 11.6 Å². The van der Waals surface area contributed by atoms with Crippen molar-refractivity contribution in [3.8, 4) is 0 Å². The fourth-order valence-electron chi connectivity index (χ4n) is 2.27. The van der Waals surface area contributed by atoms with Crippen LogP contribution >= 0.6 is 15.9 Å². The molecule has 0 aliphatic heterocycles. The largest absolute Gasteiger partial charge is 0.310 e. The molecular weight excluding hydrogens is 324 g/mol.